The first-order valence-corrected chi connectivity index (χ1v) is 11.6. The maximum absolute atomic E-state index is 13.1. The van der Waals surface area contributed by atoms with Crippen LogP contribution in [-0.2, 0) is 5.41 Å². The molecule has 0 bridgehead atoms. The van der Waals surface area contributed by atoms with Crippen LogP contribution in [0.5, 0.6) is 0 Å². The van der Waals surface area contributed by atoms with Crippen LogP contribution in [0.1, 0.15) is 56.6 Å². The summed E-state index contributed by atoms with van der Waals surface area (Å²) >= 11 is 6.56. The smallest absolute Gasteiger partial charge is 0.253 e. The first-order chi connectivity index (χ1) is 15.2. The molecular formula is C27H30ClN3O. The molecule has 0 unspecified atom stereocenters. The molecule has 0 aliphatic carbocycles. The number of hydrogen-bond acceptors (Lipinski definition) is 3. The van der Waals surface area contributed by atoms with Gasteiger partial charge < -0.3 is 4.90 Å². The van der Waals surface area contributed by atoms with Crippen molar-refractivity contribution in [3.63, 3.8) is 0 Å². The van der Waals surface area contributed by atoms with Crippen LogP contribution in [0.15, 0.2) is 55.0 Å². The van der Waals surface area contributed by atoms with Crippen molar-refractivity contribution in [1.82, 2.24) is 14.9 Å². The van der Waals surface area contributed by atoms with E-state index in [1.54, 1.807) is 6.20 Å². The van der Waals surface area contributed by atoms with E-state index >= 15 is 0 Å². The first kappa shape index (κ1) is 22.5. The van der Waals surface area contributed by atoms with E-state index < -0.39 is 0 Å². The zero-order valence-electron chi connectivity index (χ0n) is 19.2. The number of benzene rings is 1. The topological polar surface area (TPSA) is 46.1 Å². The predicted octanol–water partition coefficient (Wildman–Crippen LogP) is 6.63. The van der Waals surface area contributed by atoms with Crippen LogP contribution in [0, 0.1) is 5.92 Å². The molecule has 1 amide bonds. The van der Waals surface area contributed by atoms with Gasteiger partial charge >= 0.3 is 0 Å². The molecule has 4 rings (SSSR count). The second-order valence-corrected chi connectivity index (χ2v) is 10.2. The van der Waals surface area contributed by atoms with Gasteiger partial charge in [-0.2, -0.15) is 0 Å². The van der Waals surface area contributed by atoms with Crippen LogP contribution in [0.4, 0.5) is 0 Å². The van der Waals surface area contributed by atoms with Crippen molar-refractivity contribution in [1.29, 1.82) is 0 Å². The van der Waals surface area contributed by atoms with Gasteiger partial charge in [-0.3, -0.25) is 14.8 Å². The van der Waals surface area contributed by atoms with E-state index in [1.807, 2.05) is 41.6 Å². The molecule has 1 saturated heterocycles. The molecule has 1 fully saturated rings. The predicted molar refractivity (Wildman–Crippen MR) is 131 cm³/mol. The lowest BCUT2D eigenvalue weighted by Crippen LogP contribution is -2.37. The van der Waals surface area contributed by atoms with Gasteiger partial charge in [0.15, 0.2) is 0 Å². The van der Waals surface area contributed by atoms with E-state index in [0.29, 0.717) is 16.5 Å². The number of carbonyl (C=O) groups excluding carboxylic acids is 1. The van der Waals surface area contributed by atoms with Gasteiger partial charge in [0.1, 0.15) is 0 Å². The van der Waals surface area contributed by atoms with Crippen LogP contribution in [0.3, 0.4) is 0 Å². The van der Waals surface area contributed by atoms with Gasteiger partial charge in [-0.25, -0.2) is 0 Å². The highest BCUT2D eigenvalue weighted by atomic mass is 35.5. The van der Waals surface area contributed by atoms with Crippen molar-refractivity contribution in [3.8, 4) is 22.3 Å². The van der Waals surface area contributed by atoms with Crippen LogP contribution >= 0.6 is 11.6 Å². The lowest BCUT2D eigenvalue weighted by Gasteiger charge is -2.30. The first-order valence-electron chi connectivity index (χ1n) is 11.2. The van der Waals surface area contributed by atoms with Crippen LogP contribution in [0.25, 0.3) is 22.3 Å². The fraction of sp³-hybridized carbons (Fsp3) is 0.370. The molecule has 5 heteroatoms. The number of piperidine rings is 1. The Bertz CT molecular complexity index is 1130. The molecule has 0 atom stereocenters. The normalized spacial score (nSPS) is 15.1. The Balaban J connectivity index is 1.66. The Kier molecular flexibility index (Phi) is 6.34. The van der Waals surface area contributed by atoms with Gasteiger partial charge in [-0.05, 0) is 60.7 Å². The summed E-state index contributed by atoms with van der Waals surface area (Å²) < 4.78 is 0. The fourth-order valence-corrected chi connectivity index (χ4v) is 4.27. The minimum atomic E-state index is -0.0364. The molecule has 32 heavy (non-hydrogen) atoms. The maximum atomic E-state index is 13.1. The lowest BCUT2D eigenvalue weighted by molar-refractivity contribution is 0.0697. The van der Waals surface area contributed by atoms with Crippen molar-refractivity contribution in [2.75, 3.05) is 13.1 Å². The van der Waals surface area contributed by atoms with Gasteiger partial charge in [0, 0.05) is 70.1 Å². The van der Waals surface area contributed by atoms with Gasteiger partial charge in [0.2, 0.25) is 0 Å². The van der Waals surface area contributed by atoms with Crippen molar-refractivity contribution in [2.45, 2.75) is 46.0 Å². The van der Waals surface area contributed by atoms with Crippen molar-refractivity contribution < 1.29 is 4.79 Å². The quantitative estimate of drug-likeness (QED) is 0.452. The second-order valence-electron chi connectivity index (χ2n) is 9.81. The maximum Gasteiger partial charge on any atom is 0.253 e. The molecule has 1 aromatic carbocycles. The summed E-state index contributed by atoms with van der Waals surface area (Å²) in [5.74, 6) is 0.753. The Morgan fingerprint density at radius 2 is 1.72 bits per heavy atom. The molecule has 0 saturated carbocycles. The van der Waals surface area contributed by atoms with E-state index in [1.165, 1.54) is 0 Å². The lowest BCUT2D eigenvalue weighted by atomic mass is 9.90. The molecule has 3 heterocycles. The monoisotopic (exact) mass is 447 g/mol. The third kappa shape index (κ3) is 4.86. The van der Waals surface area contributed by atoms with Crippen LogP contribution in [-0.4, -0.2) is 33.9 Å². The molecule has 166 valence electrons. The number of rotatable bonds is 3. The van der Waals surface area contributed by atoms with Gasteiger partial charge in [-0.1, -0.05) is 39.3 Å². The molecule has 0 radical (unpaired) electrons. The molecule has 2 aromatic heterocycles. The third-order valence-electron chi connectivity index (χ3n) is 6.20. The summed E-state index contributed by atoms with van der Waals surface area (Å²) in [4.78, 5) is 24.0. The van der Waals surface area contributed by atoms with E-state index in [-0.39, 0.29) is 11.3 Å². The summed E-state index contributed by atoms with van der Waals surface area (Å²) in [7, 11) is 0. The number of nitrogens with zero attached hydrogens (tertiary/aromatic N) is 3. The summed E-state index contributed by atoms with van der Waals surface area (Å²) in [5, 5.41) is 0.609. The zero-order valence-corrected chi connectivity index (χ0v) is 20.0. The number of aromatic nitrogens is 2. The standard InChI is InChI=1S/C27H30ClN3O/c1-18-8-11-31(12-9-18)26(32)20-5-6-24(28)23(14-20)22-13-21(16-29-17-22)19-7-10-30-25(15-19)27(2,3)4/h5-7,10,13-18H,8-9,11-12H2,1-4H3. The molecule has 1 aliphatic rings. The van der Waals surface area contributed by atoms with Gasteiger partial charge in [0.25, 0.3) is 5.91 Å². The highest BCUT2D eigenvalue weighted by Crippen LogP contribution is 2.33. The van der Waals surface area contributed by atoms with Crippen molar-refractivity contribution in [3.05, 3.63) is 71.3 Å². The van der Waals surface area contributed by atoms with Gasteiger partial charge in [0.05, 0.1) is 0 Å². The number of pyridine rings is 2. The summed E-state index contributed by atoms with van der Waals surface area (Å²) in [5.41, 5.74) is 5.43. The Morgan fingerprint density at radius 3 is 2.44 bits per heavy atom. The average molecular weight is 448 g/mol. The number of likely N-dealkylation sites (tertiary alicyclic amines) is 1. The Labute approximate surface area is 195 Å². The van der Waals surface area contributed by atoms with E-state index in [2.05, 4.69) is 49.8 Å². The highest BCUT2D eigenvalue weighted by Gasteiger charge is 2.22. The summed E-state index contributed by atoms with van der Waals surface area (Å²) in [6.07, 6.45) is 7.60. The number of carbonyl (C=O) groups is 1. The number of halogens is 1. The average Bonchev–Trinajstić information content (AvgIpc) is 2.79. The minimum absolute atomic E-state index is 0.0364. The molecule has 0 spiro atoms. The van der Waals surface area contributed by atoms with Crippen molar-refractivity contribution >= 4 is 17.5 Å². The zero-order chi connectivity index (χ0) is 22.9. The van der Waals surface area contributed by atoms with E-state index in [9.17, 15) is 4.79 Å². The highest BCUT2D eigenvalue weighted by molar-refractivity contribution is 6.33. The minimum Gasteiger partial charge on any atom is -0.339 e. The number of amides is 1. The third-order valence-corrected chi connectivity index (χ3v) is 6.52. The SMILES string of the molecule is CC1CCN(C(=O)c2ccc(Cl)c(-c3cncc(-c4ccnc(C(C)(C)C)c4)c3)c2)CC1. The number of hydrogen-bond donors (Lipinski definition) is 0. The van der Waals surface area contributed by atoms with E-state index in [0.717, 1.165) is 53.9 Å². The summed E-state index contributed by atoms with van der Waals surface area (Å²) in [6.45, 7) is 10.3. The Morgan fingerprint density at radius 1 is 1.00 bits per heavy atom. The fourth-order valence-electron chi connectivity index (χ4n) is 4.04. The molecule has 3 aromatic rings. The van der Waals surface area contributed by atoms with E-state index in [4.69, 9.17) is 11.6 Å². The summed E-state index contributed by atoms with van der Waals surface area (Å²) in [6, 6.07) is 11.7. The van der Waals surface area contributed by atoms with Gasteiger partial charge in [-0.15, -0.1) is 0 Å². The van der Waals surface area contributed by atoms with Crippen molar-refractivity contribution in [2.24, 2.45) is 5.92 Å². The van der Waals surface area contributed by atoms with Crippen LogP contribution < -0.4 is 0 Å². The molecule has 0 N–H and O–H groups in total. The Hall–Kier alpha value is -2.72. The second kappa shape index (κ2) is 9.03. The molecule has 1 aliphatic heterocycles. The molecule has 4 nitrogen and oxygen atoms in total. The molecular weight excluding hydrogens is 418 g/mol. The van der Waals surface area contributed by atoms with Crippen LogP contribution in [0.2, 0.25) is 5.02 Å². The largest absolute Gasteiger partial charge is 0.339 e.